The number of benzene rings is 1. The zero-order chi connectivity index (χ0) is 16.5. The highest BCUT2D eigenvalue weighted by Gasteiger charge is 2.44. The third-order valence-electron chi connectivity index (χ3n) is 4.24. The fourth-order valence-electron chi connectivity index (χ4n) is 2.66. The van der Waals surface area contributed by atoms with E-state index < -0.39 is 0 Å². The molecule has 2 rings (SSSR count). The molecule has 1 aliphatic carbocycles. The van der Waals surface area contributed by atoms with Crippen molar-refractivity contribution in [2.24, 2.45) is 4.99 Å². The van der Waals surface area contributed by atoms with Crippen LogP contribution in [0.3, 0.4) is 0 Å². The van der Waals surface area contributed by atoms with E-state index >= 15 is 0 Å². The average molecular weight is 338 g/mol. The normalized spacial score (nSPS) is 16.2. The van der Waals surface area contributed by atoms with Crippen LogP contribution in [0.25, 0.3) is 0 Å². The van der Waals surface area contributed by atoms with Gasteiger partial charge in [0.15, 0.2) is 5.96 Å². The molecule has 0 unspecified atom stereocenters. The maximum atomic E-state index is 13.5. The number of nitrogens with zero attached hydrogens (tertiary/aromatic N) is 1. The van der Waals surface area contributed by atoms with Crippen LogP contribution >= 0.6 is 11.8 Å². The van der Waals surface area contributed by atoms with E-state index in [1.165, 1.54) is 18.2 Å². The largest absolute Gasteiger partial charge is 0.357 e. The quantitative estimate of drug-likeness (QED) is 0.411. The van der Waals surface area contributed by atoms with Crippen molar-refractivity contribution in [1.29, 1.82) is 0 Å². The topological polar surface area (TPSA) is 36.4 Å². The van der Waals surface area contributed by atoms with Crippen LogP contribution in [0, 0.1) is 5.82 Å². The first kappa shape index (κ1) is 18.1. The second-order valence-electron chi connectivity index (χ2n) is 6.11. The Morgan fingerprint density at radius 3 is 2.78 bits per heavy atom. The highest BCUT2D eigenvalue weighted by atomic mass is 32.2. The summed E-state index contributed by atoms with van der Waals surface area (Å²) in [6.45, 7) is 4.59. The zero-order valence-electron chi connectivity index (χ0n) is 14.2. The molecule has 23 heavy (non-hydrogen) atoms. The molecule has 5 heteroatoms. The van der Waals surface area contributed by atoms with Gasteiger partial charge in [0.2, 0.25) is 0 Å². The molecule has 1 aromatic carbocycles. The van der Waals surface area contributed by atoms with E-state index in [4.69, 9.17) is 4.99 Å². The van der Waals surface area contributed by atoms with Crippen molar-refractivity contribution in [2.45, 2.75) is 38.0 Å². The van der Waals surface area contributed by atoms with Gasteiger partial charge in [-0.2, -0.15) is 11.8 Å². The van der Waals surface area contributed by atoms with E-state index in [1.807, 2.05) is 17.8 Å². The third kappa shape index (κ3) is 5.72. The minimum Gasteiger partial charge on any atom is -0.357 e. The molecule has 0 radical (unpaired) electrons. The van der Waals surface area contributed by atoms with Crippen molar-refractivity contribution in [1.82, 2.24) is 10.6 Å². The van der Waals surface area contributed by atoms with Gasteiger partial charge in [0.25, 0.3) is 0 Å². The highest BCUT2D eigenvalue weighted by Crippen LogP contribution is 2.48. The van der Waals surface area contributed by atoms with Gasteiger partial charge < -0.3 is 10.6 Å². The summed E-state index contributed by atoms with van der Waals surface area (Å²) in [5, 5.41) is 6.69. The molecule has 0 bridgehead atoms. The van der Waals surface area contributed by atoms with Crippen LogP contribution in [-0.4, -0.2) is 37.6 Å². The van der Waals surface area contributed by atoms with Crippen molar-refractivity contribution >= 4 is 17.7 Å². The molecule has 0 amide bonds. The zero-order valence-corrected chi connectivity index (χ0v) is 15.0. The number of hydrogen-bond acceptors (Lipinski definition) is 2. The summed E-state index contributed by atoms with van der Waals surface area (Å²) in [4.78, 5) is 4.74. The van der Waals surface area contributed by atoms with Crippen molar-refractivity contribution in [3.05, 3.63) is 35.6 Å². The van der Waals surface area contributed by atoms with Crippen LogP contribution in [0.1, 0.15) is 38.2 Å². The third-order valence-corrected chi connectivity index (χ3v) is 4.94. The summed E-state index contributed by atoms with van der Waals surface area (Å²) >= 11 is 1.89. The lowest BCUT2D eigenvalue weighted by Crippen LogP contribution is -2.38. The van der Waals surface area contributed by atoms with Crippen LogP contribution in [0.4, 0.5) is 4.39 Å². The Labute approximate surface area is 143 Å². The summed E-state index contributed by atoms with van der Waals surface area (Å²) in [7, 11) is 0. The molecule has 0 aromatic heterocycles. The number of nitrogens with one attached hydrogen (secondary N) is 2. The van der Waals surface area contributed by atoms with Gasteiger partial charge in [0, 0.05) is 18.5 Å². The summed E-state index contributed by atoms with van der Waals surface area (Å²) < 4.78 is 13.5. The average Bonchev–Trinajstić information content (AvgIpc) is 3.33. The Morgan fingerprint density at radius 1 is 1.30 bits per heavy atom. The van der Waals surface area contributed by atoms with Gasteiger partial charge in [-0.1, -0.05) is 12.1 Å². The molecule has 0 atom stereocenters. The smallest absolute Gasteiger partial charge is 0.191 e. The number of thioether (sulfide) groups is 1. The first-order chi connectivity index (χ1) is 11.2. The molecule has 128 valence electrons. The fourth-order valence-corrected chi connectivity index (χ4v) is 3.15. The molecule has 0 aliphatic heterocycles. The lowest BCUT2D eigenvalue weighted by molar-refractivity contribution is 0.615. The van der Waals surface area contributed by atoms with Crippen LogP contribution in [-0.2, 0) is 5.41 Å². The van der Waals surface area contributed by atoms with Crippen molar-refractivity contribution in [3.8, 4) is 0 Å². The molecule has 1 saturated carbocycles. The van der Waals surface area contributed by atoms with Crippen LogP contribution in [0.5, 0.6) is 0 Å². The monoisotopic (exact) mass is 337 g/mol. The van der Waals surface area contributed by atoms with Gasteiger partial charge in [-0.25, -0.2) is 4.39 Å². The first-order valence-electron chi connectivity index (χ1n) is 8.47. The lowest BCUT2D eigenvalue weighted by atomic mass is 9.96. The SMILES string of the molecule is CCNC(=NCC1(c2cccc(F)c2)CC1)NCCCCSC. The van der Waals surface area contributed by atoms with Gasteiger partial charge in [-0.15, -0.1) is 0 Å². The van der Waals surface area contributed by atoms with Crippen molar-refractivity contribution in [3.63, 3.8) is 0 Å². The van der Waals surface area contributed by atoms with E-state index in [0.717, 1.165) is 50.4 Å². The number of hydrogen-bond donors (Lipinski definition) is 2. The van der Waals surface area contributed by atoms with Crippen LogP contribution in [0.15, 0.2) is 29.3 Å². The van der Waals surface area contributed by atoms with E-state index in [0.29, 0.717) is 0 Å². The first-order valence-corrected chi connectivity index (χ1v) is 9.87. The molecule has 2 N–H and O–H groups in total. The molecule has 1 aliphatic rings. The Morgan fingerprint density at radius 2 is 2.13 bits per heavy atom. The Bertz CT molecular complexity index is 515. The Hall–Kier alpha value is -1.23. The molecule has 0 spiro atoms. The summed E-state index contributed by atoms with van der Waals surface area (Å²) in [5.74, 6) is 1.92. The molecule has 1 aromatic rings. The molecule has 0 saturated heterocycles. The van der Waals surface area contributed by atoms with Crippen molar-refractivity contribution in [2.75, 3.05) is 31.6 Å². The summed E-state index contributed by atoms with van der Waals surface area (Å²) in [5.41, 5.74) is 1.13. The molecule has 1 fully saturated rings. The summed E-state index contributed by atoms with van der Waals surface area (Å²) in [6, 6.07) is 6.98. The van der Waals surface area contributed by atoms with Gasteiger partial charge in [-0.3, -0.25) is 4.99 Å². The maximum absolute atomic E-state index is 13.5. The Balaban J connectivity index is 1.89. The predicted octanol–water partition coefficient (Wildman–Crippen LogP) is 3.56. The number of rotatable bonds is 9. The maximum Gasteiger partial charge on any atom is 0.191 e. The van der Waals surface area contributed by atoms with Crippen molar-refractivity contribution < 1.29 is 4.39 Å². The number of guanidine groups is 1. The molecular weight excluding hydrogens is 309 g/mol. The van der Waals surface area contributed by atoms with Gasteiger partial charge in [0.1, 0.15) is 5.82 Å². The highest BCUT2D eigenvalue weighted by molar-refractivity contribution is 7.98. The number of unbranched alkanes of at least 4 members (excludes halogenated alkanes) is 1. The van der Waals surface area contributed by atoms with Gasteiger partial charge >= 0.3 is 0 Å². The standard InChI is InChI=1S/C18H28FN3S/c1-3-20-17(21-11-4-5-12-23-2)22-14-18(9-10-18)15-7-6-8-16(19)13-15/h6-8,13H,3-5,9-12,14H2,1-2H3,(H2,20,21,22). The predicted molar refractivity (Wildman–Crippen MR) is 98.9 cm³/mol. The van der Waals surface area contributed by atoms with Gasteiger partial charge in [0.05, 0.1) is 6.54 Å². The lowest BCUT2D eigenvalue weighted by Gasteiger charge is -2.16. The minimum atomic E-state index is -0.156. The summed E-state index contributed by atoms with van der Waals surface area (Å²) in [6.07, 6.45) is 6.70. The second kappa shape index (κ2) is 9.16. The Kier molecular flexibility index (Phi) is 7.21. The van der Waals surface area contributed by atoms with E-state index in [-0.39, 0.29) is 11.2 Å². The second-order valence-corrected chi connectivity index (χ2v) is 7.10. The number of halogens is 1. The minimum absolute atomic E-state index is 0.0449. The molecule has 0 heterocycles. The van der Waals surface area contributed by atoms with Crippen LogP contribution in [0.2, 0.25) is 0 Å². The van der Waals surface area contributed by atoms with E-state index in [2.05, 4.69) is 23.8 Å². The molecular formula is C18H28FN3S. The van der Waals surface area contributed by atoms with E-state index in [9.17, 15) is 4.39 Å². The van der Waals surface area contributed by atoms with Crippen LogP contribution < -0.4 is 10.6 Å². The number of aliphatic imine (C=N–C) groups is 1. The van der Waals surface area contributed by atoms with Gasteiger partial charge in [-0.05, 0) is 62.3 Å². The van der Waals surface area contributed by atoms with E-state index in [1.54, 1.807) is 12.1 Å². The fraction of sp³-hybridized carbons (Fsp3) is 0.611. The molecule has 3 nitrogen and oxygen atoms in total.